The van der Waals surface area contributed by atoms with E-state index < -0.39 is 0 Å². The molecule has 1 aliphatic heterocycles. The van der Waals surface area contributed by atoms with Gasteiger partial charge in [0.25, 0.3) is 0 Å². The summed E-state index contributed by atoms with van der Waals surface area (Å²) in [6.07, 6.45) is 4.84. The van der Waals surface area contributed by atoms with Gasteiger partial charge < -0.3 is 0 Å². The van der Waals surface area contributed by atoms with Crippen LogP contribution in [0.3, 0.4) is 0 Å². The Balaban J connectivity index is 3.12. The van der Waals surface area contributed by atoms with Gasteiger partial charge in [0.1, 0.15) is 0 Å². The fraction of sp³-hybridized carbons (Fsp3) is 0.875. The molecular weight excluding hydrogens is 206 g/mol. The summed E-state index contributed by atoms with van der Waals surface area (Å²) < 4.78 is 0. The van der Waals surface area contributed by atoms with Gasteiger partial charge in [0.05, 0.1) is 0 Å². The highest BCUT2D eigenvalue weighted by molar-refractivity contribution is 5.18. The van der Waals surface area contributed by atoms with Gasteiger partial charge in [-0.05, 0) is 31.6 Å². The molecule has 0 aromatic heterocycles. The lowest BCUT2D eigenvalue weighted by Gasteiger charge is -2.49. The molecule has 1 heteroatoms. The van der Waals surface area contributed by atoms with Gasteiger partial charge >= 0.3 is 0 Å². The first-order valence-corrected chi connectivity index (χ1v) is 6.82. The van der Waals surface area contributed by atoms with Gasteiger partial charge in [-0.3, -0.25) is 4.90 Å². The molecule has 17 heavy (non-hydrogen) atoms. The summed E-state index contributed by atoms with van der Waals surface area (Å²) in [4.78, 5) is 2.69. The molecule has 1 aliphatic rings. The highest BCUT2D eigenvalue weighted by Gasteiger charge is 2.45. The lowest BCUT2D eigenvalue weighted by atomic mass is 9.81. The molecule has 0 amide bonds. The second-order valence-electron chi connectivity index (χ2n) is 8.58. The molecule has 100 valence electrons. The van der Waals surface area contributed by atoms with E-state index in [9.17, 15) is 0 Å². The van der Waals surface area contributed by atoms with E-state index in [2.05, 4.69) is 79.4 Å². The van der Waals surface area contributed by atoms with Gasteiger partial charge in [-0.2, -0.15) is 0 Å². The van der Waals surface area contributed by atoms with E-state index >= 15 is 0 Å². The topological polar surface area (TPSA) is 3.24 Å². The van der Waals surface area contributed by atoms with Crippen LogP contribution >= 0.6 is 0 Å². The molecule has 0 saturated carbocycles. The van der Waals surface area contributed by atoms with Crippen LogP contribution in [-0.4, -0.2) is 22.5 Å². The van der Waals surface area contributed by atoms with Gasteiger partial charge in [0.15, 0.2) is 0 Å². The van der Waals surface area contributed by atoms with Gasteiger partial charge in [-0.15, -0.1) is 0 Å². The smallest absolute Gasteiger partial charge is 0.0338 e. The molecule has 0 saturated heterocycles. The monoisotopic (exact) mass is 237 g/mol. The summed E-state index contributed by atoms with van der Waals surface area (Å²) in [6.45, 7) is 21.0. The minimum absolute atomic E-state index is 0.208. The van der Waals surface area contributed by atoms with Crippen molar-refractivity contribution in [3.63, 3.8) is 0 Å². The normalized spacial score (nSPS) is 27.8. The van der Waals surface area contributed by atoms with Crippen molar-refractivity contribution in [2.24, 2.45) is 10.8 Å². The SMILES string of the molecule is CC(C)(C)C1C=CC(C(C)(C)C)N1C(C)(C)C. The van der Waals surface area contributed by atoms with Crippen LogP contribution in [0.25, 0.3) is 0 Å². The number of hydrogen-bond acceptors (Lipinski definition) is 1. The maximum Gasteiger partial charge on any atom is 0.0338 e. The van der Waals surface area contributed by atoms with Crippen LogP contribution in [-0.2, 0) is 0 Å². The summed E-state index contributed by atoms with van der Waals surface area (Å²) in [7, 11) is 0. The fourth-order valence-corrected chi connectivity index (χ4v) is 2.82. The van der Waals surface area contributed by atoms with E-state index in [1.165, 1.54) is 0 Å². The summed E-state index contributed by atoms with van der Waals surface area (Å²) in [5.74, 6) is 0. The van der Waals surface area contributed by atoms with E-state index in [-0.39, 0.29) is 5.54 Å². The molecule has 0 radical (unpaired) electrons. The second kappa shape index (κ2) is 4.12. The maximum atomic E-state index is 2.69. The Morgan fingerprint density at radius 1 is 0.647 bits per heavy atom. The Morgan fingerprint density at radius 3 is 1.12 bits per heavy atom. The lowest BCUT2D eigenvalue weighted by molar-refractivity contribution is 0.000965. The summed E-state index contributed by atoms with van der Waals surface area (Å²) in [6, 6.07) is 1.07. The quantitative estimate of drug-likeness (QED) is 0.561. The summed E-state index contributed by atoms with van der Waals surface area (Å²) in [5.41, 5.74) is 0.799. The molecule has 2 unspecified atom stereocenters. The third-order valence-electron chi connectivity index (χ3n) is 3.62. The van der Waals surface area contributed by atoms with Crippen molar-refractivity contribution in [3.05, 3.63) is 12.2 Å². The first-order valence-electron chi connectivity index (χ1n) is 6.82. The number of hydrogen-bond donors (Lipinski definition) is 0. The van der Waals surface area contributed by atoms with Gasteiger partial charge in [0.2, 0.25) is 0 Å². The zero-order valence-electron chi connectivity index (χ0n) is 13.3. The Morgan fingerprint density at radius 2 is 0.941 bits per heavy atom. The molecule has 0 aromatic carbocycles. The molecule has 0 bridgehead atoms. The summed E-state index contributed by atoms with van der Waals surface area (Å²) >= 11 is 0. The first kappa shape index (κ1) is 14.8. The van der Waals surface area contributed by atoms with Crippen molar-refractivity contribution >= 4 is 0 Å². The predicted octanol–water partition coefficient (Wildman–Crippen LogP) is 4.49. The van der Waals surface area contributed by atoms with Crippen molar-refractivity contribution in [2.45, 2.75) is 79.9 Å². The Bertz CT molecular complexity index is 269. The number of rotatable bonds is 0. The second-order valence-corrected chi connectivity index (χ2v) is 8.58. The molecule has 0 N–H and O–H groups in total. The third-order valence-corrected chi connectivity index (χ3v) is 3.62. The summed E-state index contributed by atoms with van der Waals surface area (Å²) in [5, 5.41) is 0. The minimum atomic E-state index is 0.208. The fourth-order valence-electron chi connectivity index (χ4n) is 2.82. The molecule has 0 aliphatic carbocycles. The van der Waals surface area contributed by atoms with Crippen LogP contribution in [0.15, 0.2) is 12.2 Å². The van der Waals surface area contributed by atoms with Crippen LogP contribution in [0.5, 0.6) is 0 Å². The van der Waals surface area contributed by atoms with Crippen LogP contribution in [0, 0.1) is 10.8 Å². The highest BCUT2D eigenvalue weighted by Crippen LogP contribution is 2.41. The van der Waals surface area contributed by atoms with E-state index in [1.807, 2.05) is 0 Å². The third kappa shape index (κ3) is 3.13. The first-order chi connectivity index (χ1) is 7.35. The molecule has 1 nitrogen and oxygen atoms in total. The Hall–Kier alpha value is -0.300. The average molecular weight is 237 g/mol. The van der Waals surface area contributed by atoms with Gasteiger partial charge in [-0.1, -0.05) is 53.7 Å². The number of nitrogens with zero attached hydrogens (tertiary/aromatic N) is 1. The van der Waals surface area contributed by atoms with Crippen molar-refractivity contribution in [3.8, 4) is 0 Å². The molecule has 0 aromatic rings. The molecule has 0 fully saturated rings. The van der Waals surface area contributed by atoms with Crippen LogP contribution in [0.4, 0.5) is 0 Å². The molecule has 2 atom stereocenters. The van der Waals surface area contributed by atoms with Crippen molar-refractivity contribution in [1.82, 2.24) is 4.90 Å². The van der Waals surface area contributed by atoms with Gasteiger partial charge in [0, 0.05) is 17.6 Å². The zero-order chi connectivity index (χ0) is 13.6. The molecular formula is C16H31N. The van der Waals surface area contributed by atoms with Crippen molar-refractivity contribution in [2.75, 3.05) is 0 Å². The van der Waals surface area contributed by atoms with E-state index in [0.717, 1.165) is 0 Å². The van der Waals surface area contributed by atoms with Crippen LogP contribution in [0.1, 0.15) is 62.3 Å². The molecule has 1 heterocycles. The largest absolute Gasteiger partial charge is 0.285 e. The van der Waals surface area contributed by atoms with Crippen LogP contribution < -0.4 is 0 Å². The Labute approximate surface area is 108 Å². The predicted molar refractivity (Wildman–Crippen MR) is 77.2 cm³/mol. The standard InChI is InChI=1S/C16H31N/c1-14(2,3)12-10-11-13(15(4,5)6)17(12)16(7,8)9/h10-13H,1-9H3. The minimum Gasteiger partial charge on any atom is -0.285 e. The van der Waals surface area contributed by atoms with Crippen molar-refractivity contribution < 1.29 is 0 Å². The highest BCUT2D eigenvalue weighted by atomic mass is 15.3. The van der Waals surface area contributed by atoms with Gasteiger partial charge in [-0.25, -0.2) is 0 Å². The molecule has 1 rings (SSSR count). The Kier molecular flexibility index (Phi) is 3.58. The zero-order valence-corrected chi connectivity index (χ0v) is 13.3. The van der Waals surface area contributed by atoms with E-state index in [0.29, 0.717) is 22.9 Å². The molecule has 0 spiro atoms. The average Bonchev–Trinajstić information content (AvgIpc) is 2.42. The van der Waals surface area contributed by atoms with E-state index in [4.69, 9.17) is 0 Å². The maximum absolute atomic E-state index is 2.69. The van der Waals surface area contributed by atoms with Crippen LogP contribution in [0.2, 0.25) is 0 Å². The van der Waals surface area contributed by atoms with E-state index in [1.54, 1.807) is 0 Å². The lowest BCUT2D eigenvalue weighted by Crippen LogP contribution is -2.56. The van der Waals surface area contributed by atoms with Crippen molar-refractivity contribution in [1.29, 1.82) is 0 Å².